The summed E-state index contributed by atoms with van der Waals surface area (Å²) in [6.45, 7) is 6.30. The van der Waals surface area contributed by atoms with E-state index in [1.54, 1.807) is 20.0 Å². The van der Waals surface area contributed by atoms with Gasteiger partial charge < -0.3 is 8.85 Å². The molecule has 0 N–H and O–H groups in total. The normalized spacial score (nSPS) is 10.7. The Hall–Kier alpha value is -0.843. The van der Waals surface area contributed by atoms with Crippen LogP contribution in [-0.2, 0) is 18.4 Å². The van der Waals surface area contributed by atoms with E-state index in [9.17, 15) is 9.59 Å². The molecule has 0 heterocycles. The van der Waals surface area contributed by atoms with Crippen LogP contribution in [0.2, 0.25) is 13.1 Å². The fourth-order valence-electron chi connectivity index (χ4n) is 0.713. The summed E-state index contributed by atoms with van der Waals surface area (Å²) < 4.78 is 9.82. The fourth-order valence-corrected chi connectivity index (χ4v) is 2.14. The summed E-state index contributed by atoms with van der Waals surface area (Å²) >= 11 is 0. The van der Waals surface area contributed by atoms with Crippen molar-refractivity contribution < 1.29 is 18.4 Å². The molecule has 0 rings (SSSR count). The second-order valence-corrected chi connectivity index (χ2v) is 6.03. The quantitative estimate of drug-likeness (QED) is 0.627. The van der Waals surface area contributed by atoms with Gasteiger partial charge >= 0.3 is 8.56 Å². The van der Waals surface area contributed by atoms with Gasteiger partial charge in [0.05, 0.1) is 0 Å². The van der Waals surface area contributed by atoms with Gasteiger partial charge in [0.1, 0.15) is 0 Å². The Morgan fingerprint density at radius 2 is 1.75 bits per heavy atom. The molecule has 70 valence electrons. The minimum absolute atomic E-state index is 0.303. The Balaban J connectivity index is 4.03. The van der Waals surface area contributed by atoms with Crippen LogP contribution in [0.3, 0.4) is 0 Å². The lowest BCUT2D eigenvalue weighted by Gasteiger charge is -2.20. The molecule has 0 aliphatic carbocycles. The lowest BCUT2D eigenvalue weighted by atomic mass is 10.5. The zero-order chi connectivity index (χ0) is 9.78. The van der Waals surface area contributed by atoms with Crippen LogP contribution in [-0.4, -0.2) is 20.5 Å². The Morgan fingerprint density at radius 1 is 1.25 bits per heavy atom. The maximum absolute atomic E-state index is 10.8. The zero-order valence-electron chi connectivity index (χ0n) is 7.84. The van der Waals surface area contributed by atoms with Crippen molar-refractivity contribution in [3.63, 3.8) is 0 Å². The largest absolute Gasteiger partial charge is 0.485 e. The van der Waals surface area contributed by atoms with Crippen LogP contribution in [0.15, 0.2) is 0 Å². The molecule has 0 aromatic rings. The van der Waals surface area contributed by atoms with Gasteiger partial charge in [0.15, 0.2) is 0 Å². The van der Waals surface area contributed by atoms with Gasteiger partial charge in [-0.05, 0) is 0 Å². The third-order valence-electron chi connectivity index (χ3n) is 1.04. The molecule has 12 heavy (non-hydrogen) atoms. The molecule has 0 radical (unpaired) electrons. The number of carbonyl (C=O) groups is 2. The summed E-state index contributed by atoms with van der Waals surface area (Å²) in [6, 6.07) is 0. The molecule has 0 aliphatic heterocycles. The third kappa shape index (κ3) is 4.89. The Morgan fingerprint density at radius 3 is 2.08 bits per heavy atom. The van der Waals surface area contributed by atoms with E-state index < -0.39 is 14.5 Å². The van der Waals surface area contributed by atoms with Crippen LogP contribution in [0.5, 0.6) is 0 Å². The van der Waals surface area contributed by atoms with Crippen LogP contribution in [0.4, 0.5) is 0 Å². The standard InChI is InChI=1S/C7H14O4Si/c1-5-7(9)11-12(3,4)10-6(2)8/h5H2,1-4H3. The van der Waals surface area contributed by atoms with Crippen molar-refractivity contribution in [3.8, 4) is 0 Å². The van der Waals surface area contributed by atoms with Crippen LogP contribution in [0.1, 0.15) is 20.3 Å². The van der Waals surface area contributed by atoms with E-state index in [2.05, 4.69) is 0 Å². The highest BCUT2D eigenvalue weighted by molar-refractivity contribution is 6.67. The first-order valence-electron chi connectivity index (χ1n) is 3.79. The van der Waals surface area contributed by atoms with Crippen LogP contribution in [0.25, 0.3) is 0 Å². The first-order valence-corrected chi connectivity index (χ1v) is 6.60. The average molecular weight is 190 g/mol. The summed E-state index contributed by atoms with van der Waals surface area (Å²) in [5, 5.41) is 0. The fraction of sp³-hybridized carbons (Fsp3) is 0.714. The van der Waals surface area contributed by atoms with E-state index in [0.717, 1.165) is 0 Å². The molecule has 0 fully saturated rings. The lowest BCUT2D eigenvalue weighted by Crippen LogP contribution is -2.38. The van der Waals surface area contributed by atoms with Gasteiger partial charge in [-0.25, -0.2) is 0 Å². The SMILES string of the molecule is CCC(=O)O[Si](C)(C)OC(C)=O. The first kappa shape index (κ1) is 11.2. The van der Waals surface area contributed by atoms with Gasteiger partial charge in [0.2, 0.25) is 0 Å². The third-order valence-corrected chi connectivity index (χ3v) is 2.54. The highest BCUT2D eigenvalue weighted by atomic mass is 28.4. The highest BCUT2D eigenvalue weighted by Crippen LogP contribution is 2.07. The van der Waals surface area contributed by atoms with Crippen molar-refractivity contribution in [1.82, 2.24) is 0 Å². The summed E-state index contributed by atoms with van der Waals surface area (Å²) in [5.41, 5.74) is 0. The van der Waals surface area contributed by atoms with Gasteiger partial charge in [-0.1, -0.05) is 6.92 Å². The summed E-state index contributed by atoms with van der Waals surface area (Å²) in [7, 11) is -2.55. The second-order valence-electron chi connectivity index (χ2n) is 2.82. The molecular weight excluding hydrogens is 176 g/mol. The predicted octanol–water partition coefficient (Wildman–Crippen LogP) is 1.20. The zero-order valence-corrected chi connectivity index (χ0v) is 8.84. The van der Waals surface area contributed by atoms with E-state index in [4.69, 9.17) is 8.85 Å². The van der Waals surface area contributed by atoms with Crippen LogP contribution in [0, 0.1) is 0 Å². The van der Waals surface area contributed by atoms with Gasteiger partial charge in [0.25, 0.3) is 11.9 Å². The monoisotopic (exact) mass is 190 g/mol. The molecule has 0 bridgehead atoms. The summed E-state index contributed by atoms with van der Waals surface area (Å²) in [5.74, 6) is -0.733. The molecule has 0 aliphatic rings. The summed E-state index contributed by atoms with van der Waals surface area (Å²) in [6.07, 6.45) is 0.303. The molecule has 5 heteroatoms. The van der Waals surface area contributed by atoms with Crippen LogP contribution < -0.4 is 0 Å². The van der Waals surface area contributed by atoms with Crippen molar-refractivity contribution in [2.75, 3.05) is 0 Å². The van der Waals surface area contributed by atoms with Gasteiger partial charge in [-0.15, -0.1) is 0 Å². The van der Waals surface area contributed by atoms with E-state index >= 15 is 0 Å². The van der Waals surface area contributed by atoms with Gasteiger partial charge in [-0.2, -0.15) is 0 Å². The molecule has 0 atom stereocenters. The lowest BCUT2D eigenvalue weighted by molar-refractivity contribution is -0.139. The van der Waals surface area contributed by atoms with Crippen molar-refractivity contribution in [3.05, 3.63) is 0 Å². The number of hydrogen-bond acceptors (Lipinski definition) is 4. The first-order chi connectivity index (χ1) is 5.37. The molecule has 0 aromatic heterocycles. The molecule has 0 spiro atoms. The van der Waals surface area contributed by atoms with E-state index in [1.807, 2.05) is 0 Å². The van der Waals surface area contributed by atoms with Crippen molar-refractivity contribution >= 4 is 20.5 Å². The topological polar surface area (TPSA) is 52.6 Å². The maximum atomic E-state index is 10.8. The summed E-state index contributed by atoms with van der Waals surface area (Å²) in [4.78, 5) is 21.4. The van der Waals surface area contributed by atoms with E-state index in [0.29, 0.717) is 6.42 Å². The van der Waals surface area contributed by atoms with Crippen molar-refractivity contribution in [2.45, 2.75) is 33.4 Å². The number of carbonyl (C=O) groups excluding carboxylic acids is 2. The Labute approximate surface area is 73.1 Å². The van der Waals surface area contributed by atoms with E-state index in [-0.39, 0.29) is 5.97 Å². The molecule has 0 amide bonds. The predicted molar refractivity (Wildman–Crippen MR) is 45.6 cm³/mol. The number of rotatable bonds is 3. The van der Waals surface area contributed by atoms with Gasteiger partial charge in [0, 0.05) is 26.4 Å². The van der Waals surface area contributed by atoms with Gasteiger partial charge in [-0.3, -0.25) is 9.59 Å². The second kappa shape index (κ2) is 4.25. The molecule has 0 unspecified atom stereocenters. The average Bonchev–Trinajstić information content (AvgIpc) is 1.83. The number of hydrogen-bond donors (Lipinski definition) is 0. The molecule has 4 nitrogen and oxygen atoms in total. The van der Waals surface area contributed by atoms with E-state index in [1.165, 1.54) is 6.92 Å². The molecule has 0 saturated heterocycles. The smallest absolute Gasteiger partial charge is 0.457 e. The molecular formula is C7H14O4Si. The van der Waals surface area contributed by atoms with Crippen molar-refractivity contribution in [1.29, 1.82) is 0 Å². The minimum Gasteiger partial charge on any atom is -0.485 e. The Kier molecular flexibility index (Phi) is 3.95. The van der Waals surface area contributed by atoms with Crippen LogP contribution >= 0.6 is 0 Å². The van der Waals surface area contributed by atoms with Crippen molar-refractivity contribution in [2.24, 2.45) is 0 Å². The minimum atomic E-state index is -2.55. The Bertz CT molecular complexity index is 188. The molecule has 0 aromatic carbocycles. The highest BCUT2D eigenvalue weighted by Gasteiger charge is 2.31. The molecule has 0 saturated carbocycles. The maximum Gasteiger partial charge on any atom is 0.457 e.